The highest BCUT2D eigenvalue weighted by molar-refractivity contribution is 8.00. The van der Waals surface area contributed by atoms with E-state index in [0.717, 1.165) is 16.8 Å². The quantitative estimate of drug-likeness (QED) is 0.104. The fourth-order valence-electron chi connectivity index (χ4n) is 4.53. The average Bonchev–Trinajstić information content (AvgIpc) is 3.06. The lowest BCUT2D eigenvalue weighted by atomic mass is 10.1. The first-order valence-electron chi connectivity index (χ1n) is 14.3. The van der Waals surface area contributed by atoms with Gasteiger partial charge in [0.15, 0.2) is 0 Å². The number of thioether (sulfide) groups is 1. The minimum absolute atomic E-state index is 0.0441. The smallest absolute Gasteiger partial charge is 0.272 e. The monoisotopic (exact) mass is 649 g/mol. The van der Waals surface area contributed by atoms with Crippen LogP contribution < -0.4 is 16.0 Å². The Balaban J connectivity index is 1.40. The van der Waals surface area contributed by atoms with Crippen molar-refractivity contribution in [3.8, 4) is 0 Å². The highest BCUT2D eigenvalue weighted by Gasteiger charge is 2.23. The van der Waals surface area contributed by atoms with Gasteiger partial charge in [0.05, 0.1) is 5.02 Å². The number of nitrogens with one attached hydrogen (secondary N) is 3. The summed E-state index contributed by atoms with van der Waals surface area (Å²) in [5, 5.41) is 7.89. The molecule has 0 saturated carbocycles. The van der Waals surface area contributed by atoms with Crippen LogP contribution in [0.25, 0.3) is 6.08 Å². The molecule has 3 amide bonds. The molecule has 46 heavy (non-hydrogen) atoms. The Morgan fingerprint density at radius 3 is 2.17 bits per heavy atom. The van der Waals surface area contributed by atoms with Crippen molar-refractivity contribution in [3.05, 3.63) is 166 Å². The van der Waals surface area contributed by atoms with Crippen LogP contribution in [0.5, 0.6) is 0 Å². The third-order valence-corrected chi connectivity index (χ3v) is 8.48. The lowest BCUT2D eigenvalue weighted by molar-refractivity contribution is -0.116. The van der Waals surface area contributed by atoms with Crippen molar-refractivity contribution in [1.29, 1.82) is 0 Å². The average molecular weight is 650 g/mol. The van der Waals surface area contributed by atoms with Gasteiger partial charge in [-0.15, -0.1) is 11.8 Å². The van der Waals surface area contributed by atoms with Crippen molar-refractivity contribution in [3.63, 3.8) is 0 Å². The Morgan fingerprint density at radius 1 is 0.783 bits per heavy atom. The van der Waals surface area contributed by atoms with Crippen molar-refractivity contribution >= 4 is 58.5 Å². The van der Waals surface area contributed by atoms with E-state index in [2.05, 4.69) is 16.0 Å². The molecule has 0 aromatic heterocycles. The van der Waals surface area contributed by atoms with Crippen molar-refractivity contribution in [2.24, 2.45) is 0 Å². The normalized spacial score (nSPS) is 11.8. The first-order valence-corrected chi connectivity index (χ1v) is 15.6. The molecular weight excluding hydrogens is 621 g/mol. The van der Waals surface area contributed by atoms with E-state index in [-0.39, 0.29) is 22.2 Å². The maximum Gasteiger partial charge on any atom is 0.272 e. The second kappa shape index (κ2) is 15.2. The molecule has 3 N–H and O–H groups in total. The molecule has 5 aromatic rings. The summed E-state index contributed by atoms with van der Waals surface area (Å²) < 4.78 is 14.7. The second-order valence-corrected chi connectivity index (χ2v) is 11.8. The van der Waals surface area contributed by atoms with Gasteiger partial charge in [-0.1, -0.05) is 90.5 Å². The van der Waals surface area contributed by atoms with E-state index in [4.69, 9.17) is 11.6 Å². The number of aryl methyl sites for hydroxylation is 1. The molecule has 9 heteroatoms. The van der Waals surface area contributed by atoms with E-state index in [0.29, 0.717) is 16.1 Å². The number of anilines is 2. The third-order valence-electron chi connectivity index (χ3n) is 6.91. The summed E-state index contributed by atoms with van der Waals surface area (Å²) in [6, 6.07) is 36.5. The molecule has 0 saturated heterocycles. The molecule has 5 rings (SSSR count). The van der Waals surface area contributed by atoms with Crippen LogP contribution in [0, 0.1) is 12.7 Å². The molecule has 1 unspecified atom stereocenters. The number of amides is 3. The molecule has 0 spiro atoms. The molecule has 0 aliphatic rings. The molecule has 230 valence electrons. The number of benzene rings is 5. The van der Waals surface area contributed by atoms with Gasteiger partial charge in [-0.3, -0.25) is 14.4 Å². The first-order chi connectivity index (χ1) is 22.3. The van der Waals surface area contributed by atoms with E-state index in [1.165, 1.54) is 36.0 Å². The molecule has 0 bridgehead atoms. The van der Waals surface area contributed by atoms with E-state index in [1.54, 1.807) is 48.5 Å². The summed E-state index contributed by atoms with van der Waals surface area (Å²) in [5.41, 5.74) is 2.94. The van der Waals surface area contributed by atoms with E-state index in [9.17, 15) is 18.8 Å². The van der Waals surface area contributed by atoms with E-state index >= 15 is 0 Å². The van der Waals surface area contributed by atoms with Gasteiger partial charge in [-0.2, -0.15) is 0 Å². The van der Waals surface area contributed by atoms with Crippen LogP contribution >= 0.6 is 23.4 Å². The highest BCUT2D eigenvalue weighted by atomic mass is 35.5. The van der Waals surface area contributed by atoms with Gasteiger partial charge in [0.1, 0.15) is 16.8 Å². The highest BCUT2D eigenvalue weighted by Crippen LogP contribution is 2.37. The van der Waals surface area contributed by atoms with Gasteiger partial charge >= 0.3 is 0 Å². The fraction of sp³-hybridized carbons (Fsp3) is 0.0541. The maximum absolute atomic E-state index is 14.7. The molecular formula is C37H29ClFN3O3S. The maximum atomic E-state index is 14.7. The summed E-state index contributed by atoms with van der Waals surface area (Å²) in [7, 11) is 0. The molecule has 0 radical (unpaired) electrons. The molecule has 0 aliphatic heterocycles. The van der Waals surface area contributed by atoms with Crippen molar-refractivity contribution in [2.75, 3.05) is 10.6 Å². The first kappa shape index (κ1) is 32.2. The van der Waals surface area contributed by atoms with Crippen molar-refractivity contribution in [2.45, 2.75) is 17.1 Å². The summed E-state index contributed by atoms with van der Waals surface area (Å²) in [4.78, 5) is 40.9. The Bertz CT molecular complexity index is 1880. The van der Waals surface area contributed by atoms with Gasteiger partial charge in [-0.25, -0.2) is 4.39 Å². The lowest BCUT2D eigenvalue weighted by Crippen LogP contribution is -2.30. The molecule has 5 aromatic carbocycles. The molecule has 1 atom stereocenters. The molecule has 0 aliphatic carbocycles. The fourth-order valence-corrected chi connectivity index (χ4v) is 5.83. The Morgan fingerprint density at radius 2 is 1.46 bits per heavy atom. The topological polar surface area (TPSA) is 87.3 Å². The molecule has 0 heterocycles. The largest absolute Gasteiger partial charge is 0.325 e. The molecule has 0 fully saturated rings. The van der Waals surface area contributed by atoms with Crippen LogP contribution in [0.2, 0.25) is 5.02 Å². The lowest BCUT2D eigenvalue weighted by Gasteiger charge is -2.18. The van der Waals surface area contributed by atoms with E-state index < -0.39 is 22.9 Å². The predicted octanol–water partition coefficient (Wildman–Crippen LogP) is 8.67. The standard InChI is InChI=1S/C37H29ClFN3O3S/c1-24-12-8-9-21-32(24)41-37(45)34(25-13-4-2-5-14-25)46-28-18-10-17-27(22-28)40-36(44)33(23-29-30(38)19-11-20-31(29)39)42-35(43)26-15-6-3-7-16-26/h2-23,34H,1H3,(H,40,44)(H,41,45)(H,42,43)/b33-23+. The van der Waals surface area contributed by atoms with Crippen molar-refractivity contribution in [1.82, 2.24) is 5.32 Å². The van der Waals surface area contributed by atoms with Gasteiger partial charge < -0.3 is 16.0 Å². The number of carbonyl (C=O) groups is 3. The molecule has 6 nitrogen and oxygen atoms in total. The van der Waals surface area contributed by atoms with Crippen LogP contribution in [0.4, 0.5) is 15.8 Å². The summed E-state index contributed by atoms with van der Waals surface area (Å²) in [5.74, 6) is -2.09. The van der Waals surface area contributed by atoms with Crippen LogP contribution in [0.1, 0.15) is 32.3 Å². The summed E-state index contributed by atoms with van der Waals surface area (Å²) >= 11 is 7.56. The minimum Gasteiger partial charge on any atom is -0.325 e. The number of halogens is 2. The number of hydrogen-bond acceptors (Lipinski definition) is 4. The zero-order chi connectivity index (χ0) is 32.5. The second-order valence-electron chi connectivity index (χ2n) is 10.2. The zero-order valence-corrected chi connectivity index (χ0v) is 26.2. The van der Waals surface area contributed by atoms with Gasteiger partial charge in [0, 0.05) is 27.4 Å². The van der Waals surface area contributed by atoms with Crippen LogP contribution in [0.15, 0.2) is 138 Å². The predicted molar refractivity (Wildman–Crippen MR) is 183 cm³/mol. The summed E-state index contributed by atoms with van der Waals surface area (Å²) in [6.45, 7) is 1.93. The third kappa shape index (κ3) is 8.29. The van der Waals surface area contributed by atoms with Crippen LogP contribution in [0.3, 0.4) is 0 Å². The Kier molecular flexibility index (Phi) is 10.7. The van der Waals surface area contributed by atoms with Crippen molar-refractivity contribution < 1.29 is 18.8 Å². The SMILES string of the molecule is Cc1ccccc1NC(=O)C(Sc1cccc(NC(=O)/C(=C\c2c(F)cccc2Cl)NC(=O)c2ccccc2)c1)c1ccccc1. The van der Waals surface area contributed by atoms with Crippen LogP contribution in [-0.4, -0.2) is 17.7 Å². The minimum atomic E-state index is -0.692. The van der Waals surface area contributed by atoms with Gasteiger partial charge in [0.25, 0.3) is 11.8 Å². The zero-order valence-electron chi connectivity index (χ0n) is 24.7. The van der Waals surface area contributed by atoms with Gasteiger partial charge in [-0.05, 0) is 72.7 Å². The number of para-hydroxylation sites is 1. The number of hydrogen-bond donors (Lipinski definition) is 3. The van der Waals surface area contributed by atoms with Crippen LogP contribution in [-0.2, 0) is 9.59 Å². The number of carbonyl (C=O) groups excluding carboxylic acids is 3. The Hall–Kier alpha value is -5.18. The Labute approximate surface area is 275 Å². The number of rotatable bonds is 10. The van der Waals surface area contributed by atoms with E-state index in [1.807, 2.05) is 67.6 Å². The van der Waals surface area contributed by atoms with Gasteiger partial charge in [0.2, 0.25) is 5.91 Å². The summed E-state index contributed by atoms with van der Waals surface area (Å²) in [6.07, 6.45) is 1.20.